The number of carboxylic acid groups (broad SMARTS) is 1. The van der Waals surface area contributed by atoms with Crippen LogP contribution < -0.4 is 4.74 Å². The monoisotopic (exact) mass is 283 g/mol. The van der Waals surface area contributed by atoms with Gasteiger partial charge in [-0.05, 0) is 48.5 Å². The minimum absolute atomic E-state index is 0.0858. The predicted molar refractivity (Wildman–Crippen MR) is 72.6 cm³/mol. The number of benzene rings is 2. The smallest absolute Gasteiger partial charge is 0.343 e. The zero-order valence-corrected chi connectivity index (χ0v) is 10.6. The number of carbonyl (C=O) groups excluding carboxylic acids is 2. The molecule has 1 N–H and O–H groups in total. The standard InChI is InChI=1S/C15H9NO5/c17-9-16-12-5-7-13(8-6-12)21-15(20)11-3-1-10(2-4-11)14(18)19/h1-8H,(H,18,19). The molecule has 104 valence electrons. The normalized spacial score (nSPS) is 9.52. The summed E-state index contributed by atoms with van der Waals surface area (Å²) in [6.45, 7) is 0. The number of esters is 1. The number of isocyanates is 1. The molecule has 0 radical (unpaired) electrons. The van der Waals surface area contributed by atoms with Crippen molar-refractivity contribution in [3.05, 3.63) is 59.7 Å². The van der Waals surface area contributed by atoms with Gasteiger partial charge in [-0.3, -0.25) is 0 Å². The lowest BCUT2D eigenvalue weighted by Gasteiger charge is -2.04. The van der Waals surface area contributed by atoms with Gasteiger partial charge in [-0.2, -0.15) is 4.99 Å². The Hall–Kier alpha value is -3.24. The molecular formula is C15H9NO5. The predicted octanol–water partition coefficient (Wildman–Crippen LogP) is 2.57. The number of carbonyl (C=O) groups is 2. The number of hydrogen-bond donors (Lipinski definition) is 1. The van der Waals surface area contributed by atoms with Crippen molar-refractivity contribution >= 4 is 23.7 Å². The number of aliphatic imine (C=N–C) groups is 1. The van der Waals surface area contributed by atoms with Crippen molar-refractivity contribution < 1.29 is 24.2 Å². The maximum absolute atomic E-state index is 11.9. The largest absolute Gasteiger partial charge is 0.478 e. The highest BCUT2D eigenvalue weighted by molar-refractivity contribution is 5.93. The van der Waals surface area contributed by atoms with Gasteiger partial charge >= 0.3 is 11.9 Å². The zero-order chi connectivity index (χ0) is 15.2. The number of ether oxygens (including phenoxy) is 1. The molecule has 6 heteroatoms. The average molecular weight is 283 g/mol. The van der Waals surface area contributed by atoms with Crippen molar-refractivity contribution in [3.63, 3.8) is 0 Å². The first-order chi connectivity index (χ1) is 10.1. The van der Waals surface area contributed by atoms with E-state index in [2.05, 4.69) is 4.99 Å². The molecule has 0 saturated carbocycles. The second-order valence-electron chi connectivity index (χ2n) is 3.97. The third-order valence-electron chi connectivity index (χ3n) is 2.59. The highest BCUT2D eigenvalue weighted by Gasteiger charge is 2.10. The van der Waals surface area contributed by atoms with Crippen molar-refractivity contribution in [2.75, 3.05) is 0 Å². The third-order valence-corrected chi connectivity index (χ3v) is 2.59. The summed E-state index contributed by atoms with van der Waals surface area (Å²) in [5.74, 6) is -1.40. The van der Waals surface area contributed by atoms with E-state index in [0.29, 0.717) is 5.69 Å². The summed E-state index contributed by atoms with van der Waals surface area (Å²) in [5.41, 5.74) is 0.716. The Morgan fingerprint density at radius 2 is 1.52 bits per heavy atom. The third kappa shape index (κ3) is 3.62. The summed E-state index contributed by atoms with van der Waals surface area (Å²) in [6, 6.07) is 11.4. The van der Waals surface area contributed by atoms with E-state index in [1.165, 1.54) is 54.6 Å². The van der Waals surface area contributed by atoms with E-state index >= 15 is 0 Å². The maximum Gasteiger partial charge on any atom is 0.343 e. The van der Waals surface area contributed by atoms with E-state index < -0.39 is 11.9 Å². The van der Waals surface area contributed by atoms with E-state index in [-0.39, 0.29) is 16.9 Å². The van der Waals surface area contributed by atoms with E-state index in [0.717, 1.165) is 0 Å². The van der Waals surface area contributed by atoms with Crippen LogP contribution in [0.4, 0.5) is 5.69 Å². The molecule has 0 atom stereocenters. The van der Waals surface area contributed by atoms with Crippen LogP contribution in [0.2, 0.25) is 0 Å². The fraction of sp³-hybridized carbons (Fsp3) is 0. The molecule has 0 fully saturated rings. The van der Waals surface area contributed by atoms with Gasteiger partial charge < -0.3 is 9.84 Å². The summed E-state index contributed by atoms with van der Waals surface area (Å²) in [7, 11) is 0. The van der Waals surface area contributed by atoms with Crippen LogP contribution >= 0.6 is 0 Å². The van der Waals surface area contributed by atoms with Crippen molar-refractivity contribution in [1.82, 2.24) is 0 Å². The maximum atomic E-state index is 11.9. The molecule has 0 bridgehead atoms. The summed E-state index contributed by atoms with van der Waals surface area (Å²) in [5, 5.41) is 8.77. The van der Waals surface area contributed by atoms with E-state index in [4.69, 9.17) is 9.84 Å². The molecule has 0 amide bonds. The molecule has 0 unspecified atom stereocenters. The number of hydrogen-bond acceptors (Lipinski definition) is 5. The molecule has 2 aromatic carbocycles. The van der Waals surface area contributed by atoms with Crippen LogP contribution in [-0.4, -0.2) is 23.1 Å². The Morgan fingerprint density at radius 3 is 2.05 bits per heavy atom. The van der Waals surface area contributed by atoms with Gasteiger partial charge in [0.15, 0.2) is 0 Å². The molecule has 0 aliphatic rings. The van der Waals surface area contributed by atoms with Gasteiger partial charge in [0.2, 0.25) is 6.08 Å². The first kappa shape index (κ1) is 14.2. The summed E-state index contributed by atoms with van der Waals surface area (Å²) in [6.07, 6.45) is 1.40. The topological polar surface area (TPSA) is 93.0 Å². The van der Waals surface area contributed by atoms with Gasteiger partial charge in [-0.15, -0.1) is 0 Å². The molecule has 0 aliphatic carbocycles. The van der Waals surface area contributed by atoms with Crippen molar-refractivity contribution in [3.8, 4) is 5.75 Å². The fourth-order valence-corrected chi connectivity index (χ4v) is 1.56. The van der Waals surface area contributed by atoms with Crippen LogP contribution in [0, 0.1) is 0 Å². The minimum atomic E-state index is -1.07. The minimum Gasteiger partial charge on any atom is -0.478 e. The van der Waals surface area contributed by atoms with Gasteiger partial charge in [-0.25, -0.2) is 14.4 Å². The van der Waals surface area contributed by atoms with Crippen LogP contribution in [0.15, 0.2) is 53.5 Å². The second-order valence-corrected chi connectivity index (χ2v) is 3.97. The van der Waals surface area contributed by atoms with Crippen molar-refractivity contribution in [2.24, 2.45) is 4.99 Å². The Bertz CT molecular complexity index is 713. The quantitative estimate of drug-likeness (QED) is 0.403. The Labute approximate surface area is 119 Å². The van der Waals surface area contributed by atoms with Crippen LogP contribution in [0.3, 0.4) is 0 Å². The van der Waals surface area contributed by atoms with Gasteiger partial charge in [0.1, 0.15) is 5.75 Å². The zero-order valence-electron chi connectivity index (χ0n) is 10.6. The number of aromatic carboxylic acids is 1. The van der Waals surface area contributed by atoms with Crippen LogP contribution in [0.1, 0.15) is 20.7 Å². The Kier molecular flexibility index (Phi) is 4.23. The first-order valence-corrected chi connectivity index (χ1v) is 5.83. The van der Waals surface area contributed by atoms with E-state index in [9.17, 15) is 14.4 Å². The Morgan fingerprint density at radius 1 is 0.952 bits per heavy atom. The molecular weight excluding hydrogens is 274 g/mol. The van der Waals surface area contributed by atoms with Crippen LogP contribution in [0.5, 0.6) is 5.75 Å². The van der Waals surface area contributed by atoms with Gasteiger partial charge in [0, 0.05) is 0 Å². The molecule has 2 aromatic rings. The number of carboxylic acids is 1. The molecule has 0 aromatic heterocycles. The van der Waals surface area contributed by atoms with Crippen molar-refractivity contribution in [2.45, 2.75) is 0 Å². The van der Waals surface area contributed by atoms with E-state index in [1.807, 2.05) is 0 Å². The number of rotatable bonds is 4. The fourth-order valence-electron chi connectivity index (χ4n) is 1.56. The highest BCUT2D eigenvalue weighted by atomic mass is 16.5. The lowest BCUT2D eigenvalue weighted by molar-refractivity contribution is 0.0691. The van der Waals surface area contributed by atoms with Gasteiger partial charge in [-0.1, -0.05) is 0 Å². The van der Waals surface area contributed by atoms with Crippen molar-refractivity contribution in [1.29, 1.82) is 0 Å². The van der Waals surface area contributed by atoms with E-state index in [1.54, 1.807) is 0 Å². The molecule has 0 saturated heterocycles. The summed E-state index contributed by atoms with van der Waals surface area (Å²) >= 11 is 0. The second kappa shape index (κ2) is 6.27. The molecule has 6 nitrogen and oxygen atoms in total. The SMILES string of the molecule is O=C=Nc1ccc(OC(=O)c2ccc(C(=O)O)cc2)cc1. The lowest BCUT2D eigenvalue weighted by atomic mass is 10.1. The summed E-state index contributed by atoms with van der Waals surface area (Å²) in [4.78, 5) is 36.0. The molecule has 21 heavy (non-hydrogen) atoms. The Balaban J connectivity index is 2.10. The molecule has 0 heterocycles. The van der Waals surface area contributed by atoms with Crippen LogP contribution in [0.25, 0.3) is 0 Å². The molecule has 0 aliphatic heterocycles. The van der Waals surface area contributed by atoms with Crippen LogP contribution in [-0.2, 0) is 4.79 Å². The first-order valence-electron chi connectivity index (χ1n) is 5.83. The molecule has 0 spiro atoms. The number of nitrogens with zero attached hydrogens (tertiary/aromatic N) is 1. The summed E-state index contributed by atoms with van der Waals surface area (Å²) < 4.78 is 5.11. The average Bonchev–Trinajstić information content (AvgIpc) is 2.49. The highest BCUT2D eigenvalue weighted by Crippen LogP contribution is 2.18. The van der Waals surface area contributed by atoms with Gasteiger partial charge in [0.25, 0.3) is 0 Å². The van der Waals surface area contributed by atoms with Gasteiger partial charge in [0.05, 0.1) is 16.8 Å². The lowest BCUT2D eigenvalue weighted by Crippen LogP contribution is -2.08. The molecule has 2 rings (SSSR count).